The Morgan fingerprint density at radius 1 is 1.37 bits per heavy atom. The number of hydrogen-bond acceptors (Lipinski definition) is 5. The highest BCUT2D eigenvalue weighted by Gasteiger charge is 2.32. The molecule has 0 unspecified atom stereocenters. The Bertz CT molecular complexity index is 987. The van der Waals surface area contributed by atoms with Gasteiger partial charge in [0, 0.05) is 13.1 Å². The van der Waals surface area contributed by atoms with Crippen molar-refractivity contribution in [2.45, 2.75) is 24.8 Å². The number of nitrogens with zero attached hydrogens (tertiary/aromatic N) is 4. The first-order valence-corrected chi connectivity index (χ1v) is 8.98. The molecule has 2 aromatic heterocycles. The number of imidazole rings is 1. The van der Waals surface area contributed by atoms with Gasteiger partial charge in [-0.05, 0) is 36.5 Å². The van der Waals surface area contributed by atoms with Gasteiger partial charge in [-0.1, -0.05) is 17.7 Å². The van der Waals surface area contributed by atoms with Gasteiger partial charge in [0.2, 0.25) is 5.91 Å². The number of H-pyrrole nitrogens is 1. The number of likely N-dealkylation sites (N-methyl/N-ethyl adjacent to an activating group) is 1. The molecule has 0 bridgehead atoms. The highest BCUT2D eigenvalue weighted by molar-refractivity contribution is 6.30. The number of carbonyl (C=O) groups is 1. The Morgan fingerprint density at radius 2 is 2.19 bits per heavy atom. The molecule has 0 atom stereocenters. The summed E-state index contributed by atoms with van der Waals surface area (Å²) in [5.41, 5.74) is 2.27. The summed E-state index contributed by atoms with van der Waals surface area (Å²) < 4.78 is 13.3. The van der Waals surface area contributed by atoms with Crippen LogP contribution in [0.3, 0.4) is 0 Å². The van der Waals surface area contributed by atoms with Crippen molar-refractivity contribution in [2.75, 3.05) is 18.5 Å². The summed E-state index contributed by atoms with van der Waals surface area (Å²) in [6, 6.07) is 4.91. The number of hydrogen-bond donors (Lipinski definition) is 2. The lowest BCUT2D eigenvalue weighted by atomic mass is 9.76. The summed E-state index contributed by atoms with van der Waals surface area (Å²) >= 11 is 5.84. The predicted octanol–water partition coefficient (Wildman–Crippen LogP) is 2.64. The number of rotatable bonds is 5. The van der Waals surface area contributed by atoms with Gasteiger partial charge in [-0.15, -0.1) is 0 Å². The Morgan fingerprint density at radius 3 is 2.96 bits per heavy atom. The van der Waals surface area contributed by atoms with Crippen molar-refractivity contribution in [1.82, 2.24) is 25.3 Å². The number of fused-ring (bicyclic) bond motifs is 1. The molecule has 27 heavy (non-hydrogen) atoms. The first kappa shape index (κ1) is 17.7. The Kier molecular flexibility index (Phi) is 4.65. The second-order valence-corrected chi connectivity index (χ2v) is 7.17. The summed E-state index contributed by atoms with van der Waals surface area (Å²) in [5, 5.41) is 3.16. The van der Waals surface area contributed by atoms with Crippen molar-refractivity contribution in [3.63, 3.8) is 0 Å². The number of benzene rings is 1. The maximum atomic E-state index is 13.3. The first-order chi connectivity index (χ1) is 13.0. The van der Waals surface area contributed by atoms with Crippen LogP contribution in [-0.4, -0.2) is 45.5 Å². The molecule has 7 nitrogen and oxygen atoms in total. The topological polar surface area (TPSA) is 86.8 Å². The average molecular weight is 389 g/mol. The summed E-state index contributed by atoms with van der Waals surface area (Å²) in [4.78, 5) is 29.5. The van der Waals surface area contributed by atoms with E-state index < -0.39 is 5.82 Å². The summed E-state index contributed by atoms with van der Waals surface area (Å²) in [5.74, 6) is 0.422. The van der Waals surface area contributed by atoms with Crippen LogP contribution in [0.4, 0.5) is 10.2 Å². The van der Waals surface area contributed by atoms with Crippen LogP contribution in [0.5, 0.6) is 0 Å². The third-order valence-electron chi connectivity index (χ3n) is 4.86. The van der Waals surface area contributed by atoms with E-state index in [1.54, 1.807) is 30.4 Å². The van der Waals surface area contributed by atoms with Gasteiger partial charge in [0.15, 0.2) is 11.5 Å². The van der Waals surface area contributed by atoms with Crippen molar-refractivity contribution in [3.05, 3.63) is 47.3 Å². The van der Waals surface area contributed by atoms with E-state index in [9.17, 15) is 9.18 Å². The van der Waals surface area contributed by atoms with Gasteiger partial charge in [0.25, 0.3) is 0 Å². The van der Waals surface area contributed by atoms with Crippen molar-refractivity contribution >= 4 is 34.5 Å². The van der Waals surface area contributed by atoms with Gasteiger partial charge in [-0.2, -0.15) is 0 Å². The minimum atomic E-state index is -0.413. The second kappa shape index (κ2) is 7.11. The quantitative estimate of drug-likeness (QED) is 0.701. The molecule has 1 saturated carbocycles. The Hall–Kier alpha value is -2.74. The van der Waals surface area contributed by atoms with E-state index in [0.717, 1.165) is 18.4 Å². The van der Waals surface area contributed by atoms with Gasteiger partial charge >= 0.3 is 0 Å². The van der Waals surface area contributed by atoms with Crippen LogP contribution in [0.2, 0.25) is 5.02 Å². The predicted molar refractivity (Wildman–Crippen MR) is 100 cm³/mol. The summed E-state index contributed by atoms with van der Waals surface area (Å²) in [6.07, 6.45) is 4.61. The van der Waals surface area contributed by atoms with E-state index in [1.807, 2.05) is 0 Å². The van der Waals surface area contributed by atoms with E-state index in [4.69, 9.17) is 11.6 Å². The molecule has 0 aliphatic heterocycles. The van der Waals surface area contributed by atoms with Crippen LogP contribution in [0.1, 0.15) is 24.3 Å². The second-order valence-electron chi connectivity index (χ2n) is 6.76. The van der Waals surface area contributed by atoms with E-state index in [0.29, 0.717) is 17.0 Å². The molecule has 2 heterocycles. The van der Waals surface area contributed by atoms with E-state index in [1.165, 1.54) is 12.4 Å². The molecule has 1 aliphatic carbocycles. The molecule has 1 aromatic carbocycles. The number of nitrogens with one attached hydrogen (secondary N) is 2. The maximum absolute atomic E-state index is 13.3. The zero-order valence-corrected chi connectivity index (χ0v) is 15.4. The minimum Gasteiger partial charge on any atom is -0.352 e. The Labute approximate surface area is 160 Å². The molecule has 2 N–H and O–H groups in total. The molecule has 3 aromatic rings. The fourth-order valence-corrected chi connectivity index (χ4v) is 3.57. The molecule has 0 saturated heterocycles. The number of halogens is 2. The lowest BCUT2D eigenvalue weighted by Crippen LogP contribution is -2.46. The van der Waals surface area contributed by atoms with E-state index >= 15 is 0 Å². The lowest BCUT2D eigenvalue weighted by molar-refractivity contribution is -0.121. The molecular formula is C18H18ClFN6O. The largest absolute Gasteiger partial charge is 0.352 e. The number of carbonyl (C=O) groups excluding carboxylic acids is 1. The van der Waals surface area contributed by atoms with Gasteiger partial charge < -0.3 is 15.2 Å². The summed E-state index contributed by atoms with van der Waals surface area (Å²) in [6.45, 7) is 0.175. The molecular weight excluding hydrogens is 371 g/mol. The van der Waals surface area contributed by atoms with Crippen LogP contribution in [-0.2, 0) is 4.79 Å². The highest BCUT2D eigenvalue weighted by Crippen LogP contribution is 2.38. The summed E-state index contributed by atoms with van der Waals surface area (Å²) in [7, 11) is 1.80. The molecule has 1 fully saturated rings. The Balaban J connectivity index is 1.31. The van der Waals surface area contributed by atoms with Gasteiger partial charge in [0.1, 0.15) is 17.7 Å². The number of aromatic nitrogens is 4. The standard InChI is InChI=1S/C18H18ClFN6O/c1-26(18-16-17(22-8-21-16)23-9-24-18)7-15(27)25-12-4-11(5-12)10-2-3-14(20)13(19)6-10/h2-3,6,8-9,11-12H,4-5,7H2,1H3,(H,25,27)(H,21,22,23,24). The first-order valence-electron chi connectivity index (χ1n) is 8.61. The fraction of sp³-hybridized carbons (Fsp3) is 0.333. The monoisotopic (exact) mass is 388 g/mol. The molecule has 0 radical (unpaired) electrons. The molecule has 1 amide bonds. The van der Waals surface area contributed by atoms with Crippen molar-refractivity contribution in [3.8, 4) is 0 Å². The van der Waals surface area contributed by atoms with Crippen LogP contribution in [0.15, 0.2) is 30.9 Å². The molecule has 0 spiro atoms. The van der Waals surface area contributed by atoms with Crippen molar-refractivity contribution in [1.29, 1.82) is 0 Å². The third kappa shape index (κ3) is 3.57. The SMILES string of the molecule is CN(CC(=O)NC1CC(c2ccc(F)c(Cl)c2)C1)c1ncnc2nc[nH]c12. The van der Waals surface area contributed by atoms with E-state index in [-0.39, 0.29) is 29.4 Å². The zero-order chi connectivity index (χ0) is 19.0. The maximum Gasteiger partial charge on any atom is 0.239 e. The number of anilines is 1. The number of aromatic amines is 1. The normalized spacial score (nSPS) is 18.9. The van der Waals surface area contributed by atoms with Crippen LogP contribution < -0.4 is 10.2 Å². The third-order valence-corrected chi connectivity index (χ3v) is 5.15. The molecule has 4 rings (SSSR count). The average Bonchev–Trinajstić information content (AvgIpc) is 3.09. The minimum absolute atomic E-state index is 0.0793. The molecule has 1 aliphatic rings. The highest BCUT2D eigenvalue weighted by atomic mass is 35.5. The van der Waals surface area contributed by atoms with Crippen LogP contribution in [0, 0.1) is 5.82 Å². The van der Waals surface area contributed by atoms with Crippen molar-refractivity contribution in [2.24, 2.45) is 0 Å². The zero-order valence-electron chi connectivity index (χ0n) is 14.6. The van der Waals surface area contributed by atoms with Crippen LogP contribution >= 0.6 is 11.6 Å². The van der Waals surface area contributed by atoms with Gasteiger partial charge in [-0.3, -0.25) is 4.79 Å². The lowest BCUT2D eigenvalue weighted by Gasteiger charge is -2.36. The molecule has 140 valence electrons. The fourth-order valence-electron chi connectivity index (χ4n) is 3.38. The van der Waals surface area contributed by atoms with Gasteiger partial charge in [0.05, 0.1) is 17.9 Å². The van der Waals surface area contributed by atoms with Gasteiger partial charge in [-0.25, -0.2) is 19.3 Å². The van der Waals surface area contributed by atoms with Crippen LogP contribution in [0.25, 0.3) is 11.2 Å². The van der Waals surface area contributed by atoms with Crippen molar-refractivity contribution < 1.29 is 9.18 Å². The number of amides is 1. The smallest absolute Gasteiger partial charge is 0.239 e. The molecule has 9 heteroatoms. The van der Waals surface area contributed by atoms with E-state index in [2.05, 4.69) is 25.3 Å².